The topological polar surface area (TPSA) is 63.7 Å². The van der Waals surface area contributed by atoms with Gasteiger partial charge in [-0.3, -0.25) is 4.79 Å². The summed E-state index contributed by atoms with van der Waals surface area (Å²) in [5.74, 6) is 0.647. The summed E-state index contributed by atoms with van der Waals surface area (Å²) in [6.07, 6.45) is 1.15. The van der Waals surface area contributed by atoms with Crippen LogP contribution in [0.1, 0.15) is 33.6 Å². The number of amides is 1. The molecular formula is C14H25NO4S. The van der Waals surface area contributed by atoms with Gasteiger partial charge in [-0.15, -0.1) is 0 Å². The molecular weight excluding hydrogens is 278 g/mol. The van der Waals surface area contributed by atoms with Crippen molar-refractivity contribution in [1.29, 1.82) is 0 Å². The first kappa shape index (κ1) is 15.8. The first-order valence-electron chi connectivity index (χ1n) is 7.40. The molecule has 0 saturated carbocycles. The van der Waals surface area contributed by atoms with Crippen molar-refractivity contribution >= 4 is 15.7 Å². The smallest absolute Gasteiger partial charge is 0.222 e. The number of hydrogen-bond acceptors (Lipinski definition) is 4. The molecule has 0 bridgehead atoms. The zero-order valence-electron chi connectivity index (χ0n) is 12.6. The Hall–Kier alpha value is -0.620. The van der Waals surface area contributed by atoms with Crippen molar-refractivity contribution in [2.75, 3.05) is 32.1 Å². The Balaban J connectivity index is 2.04. The molecule has 116 valence electrons. The lowest BCUT2D eigenvalue weighted by Crippen LogP contribution is -2.68. The van der Waals surface area contributed by atoms with E-state index in [2.05, 4.69) is 0 Å². The van der Waals surface area contributed by atoms with Gasteiger partial charge in [-0.25, -0.2) is 8.42 Å². The van der Waals surface area contributed by atoms with E-state index in [1.165, 1.54) is 0 Å². The second-order valence-electron chi connectivity index (χ2n) is 6.38. The molecule has 2 saturated heterocycles. The van der Waals surface area contributed by atoms with Crippen molar-refractivity contribution in [2.24, 2.45) is 11.8 Å². The predicted octanol–water partition coefficient (Wildman–Crippen LogP) is 1.08. The molecule has 0 N–H and O–H groups in total. The van der Waals surface area contributed by atoms with Crippen LogP contribution >= 0.6 is 0 Å². The molecule has 0 radical (unpaired) electrons. The maximum absolute atomic E-state index is 12.3. The number of rotatable bonds is 5. The van der Waals surface area contributed by atoms with E-state index < -0.39 is 14.6 Å². The number of carbonyl (C=O) groups is 1. The summed E-state index contributed by atoms with van der Waals surface area (Å²) in [5.41, 5.74) is 0. The van der Waals surface area contributed by atoms with Crippen molar-refractivity contribution < 1.29 is 17.9 Å². The van der Waals surface area contributed by atoms with Crippen LogP contribution in [0.4, 0.5) is 0 Å². The summed E-state index contributed by atoms with van der Waals surface area (Å²) < 4.78 is 29.4. The van der Waals surface area contributed by atoms with Gasteiger partial charge < -0.3 is 9.64 Å². The van der Waals surface area contributed by atoms with Gasteiger partial charge in [-0.05, 0) is 19.3 Å². The third kappa shape index (κ3) is 2.60. The molecule has 2 rings (SSSR count). The molecule has 2 aliphatic heterocycles. The normalized spacial score (nSPS) is 27.0. The summed E-state index contributed by atoms with van der Waals surface area (Å²) >= 11 is 0. The van der Waals surface area contributed by atoms with Gasteiger partial charge in [0.05, 0.1) is 12.4 Å². The van der Waals surface area contributed by atoms with E-state index in [-0.39, 0.29) is 17.6 Å². The minimum absolute atomic E-state index is 0.0375. The molecule has 1 atom stereocenters. The lowest BCUT2D eigenvalue weighted by molar-refractivity contribution is -0.138. The average molecular weight is 303 g/mol. The highest BCUT2D eigenvalue weighted by Crippen LogP contribution is 2.45. The number of hydrogen-bond donors (Lipinski definition) is 0. The lowest BCUT2D eigenvalue weighted by atomic mass is 9.83. The zero-order valence-corrected chi connectivity index (χ0v) is 13.4. The zero-order chi connectivity index (χ0) is 15.0. The standard InChI is InChI=1S/C14H25NO4S/c1-4-19-8-12-5-6-20(17,18)14(12)9-15(10-14)13(16)7-11(2)3/h11-12H,4-10H2,1-3H3. The average Bonchev–Trinajstić information content (AvgIpc) is 2.54. The number of carbonyl (C=O) groups excluding carboxylic acids is 1. The Bertz CT molecular complexity index is 466. The molecule has 2 heterocycles. The maximum atomic E-state index is 12.3. The summed E-state index contributed by atoms with van der Waals surface area (Å²) in [5, 5.41) is 0. The maximum Gasteiger partial charge on any atom is 0.222 e. The number of likely N-dealkylation sites (tertiary alicyclic amines) is 1. The van der Waals surface area contributed by atoms with Crippen LogP contribution in [0.15, 0.2) is 0 Å². The van der Waals surface area contributed by atoms with Gasteiger partial charge in [0.15, 0.2) is 9.84 Å². The van der Waals surface area contributed by atoms with Gasteiger partial charge >= 0.3 is 0 Å². The fraction of sp³-hybridized carbons (Fsp3) is 0.929. The van der Waals surface area contributed by atoms with Gasteiger partial charge in [0.2, 0.25) is 5.91 Å². The number of ether oxygens (including phenoxy) is 1. The molecule has 1 unspecified atom stereocenters. The predicted molar refractivity (Wildman–Crippen MR) is 77.2 cm³/mol. The molecule has 1 spiro atoms. The Morgan fingerprint density at radius 2 is 2.05 bits per heavy atom. The Labute approximate surface area is 121 Å². The fourth-order valence-electron chi connectivity index (χ4n) is 3.22. The van der Waals surface area contributed by atoms with Crippen molar-refractivity contribution in [2.45, 2.75) is 38.4 Å². The number of nitrogens with zero attached hydrogens (tertiary/aromatic N) is 1. The summed E-state index contributed by atoms with van der Waals surface area (Å²) in [7, 11) is -3.10. The van der Waals surface area contributed by atoms with Crippen LogP contribution in [-0.2, 0) is 19.4 Å². The minimum atomic E-state index is -3.10. The molecule has 0 aliphatic carbocycles. The highest BCUT2D eigenvalue weighted by molar-refractivity contribution is 7.93. The quantitative estimate of drug-likeness (QED) is 0.762. The third-order valence-corrected chi connectivity index (χ3v) is 7.08. The molecule has 0 aromatic rings. The third-order valence-electron chi connectivity index (χ3n) is 4.47. The second kappa shape index (κ2) is 5.64. The molecule has 1 amide bonds. The van der Waals surface area contributed by atoms with Gasteiger partial charge in [-0.1, -0.05) is 13.8 Å². The van der Waals surface area contributed by atoms with E-state index in [0.29, 0.717) is 45.1 Å². The first-order valence-corrected chi connectivity index (χ1v) is 9.05. The van der Waals surface area contributed by atoms with Crippen LogP contribution in [0, 0.1) is 11.8 Å². The molecule has 0 aromatic carbocycles. The summed E-state index contributed by atoms with van der Waals surface area (Å²) in [6, 6.07) is 0. The van der Waals surface area contributed by atoms with Crippen LogP contribution in [0.25, 0.3) is 0 Å². The summed E-state index contributed by atoms with van der Waals surface area (Å²) in [6.45, 7) is 7.71. The van der Waals surface area contributed by atoms with E-state index in [9.17, 15) is 13.2 Å². The minimum Gasteiger partial charge on any atom is -0.381 e. The van der Waals surface area contributed by atoms with Crippen LogP contribution in [0.5, 0.6) is 0 Å². The Morgan fingerprint density at radius 3 is 2.60 bits per heavy atom. The molecule has 2 fully saturated rings. The lowest BCUT2D eigenvalue weighted by Gasteiger charge is -2.50. The van der Waals surface area contributed by atoms with Gasteiger partial charge in [-0.2, -0.15) is 0 Å². The first-order chi connectivity index (χ1) is 9.32. The monoisotopic (exact) mass is 303 g/mol. The van der Waals surface area contributed by atoms with E-state index in [1.54, 1.807) is 4.90 Å². The van der Waals surface area contributed by atoms with Crippen LogP contribution in [0.3, 0.4) is 0 Å². The van der Waals surface area contributed by atoms with Crippen LogP contribution < -0.4 is 0 Å². The van der Waals surface area contributed by atoms with Crippen molar-refractivity contribution in [3.63, 3.8) is 0 Å². The molecule has 0 aromatic heterocycles. The van der Waals surface area contributed by atoms with Crippen LogP contribution in [0.2, 0.25) is 0 Å². The largest absolute Gasteiger partial charge is 0.381 e. The Morgan fingerprint density at radius 1 is 1.40 bits per heavy atom. The Kier molecular flexibility index (Phi) is 4.44. The van der Waals surface area contributed by atoms with Crippen molar-refractivity contribution in [3.8, 4) is 0 Å². The van der Waals surface area contributed by atoms with Gasteiger partial charge in [0.25, 0.3) is 0 Å². The summed E-state index contributed by atoms with van der Waals surface area (Å²) in [4.78, 5) is 13.7. The fourth-order valence-corrected chi connectivity index (χ4v) is 5.62. The molecule has 20 heavy (non-hydrogen) atoms. The highest BCUT2D eigenvalue weighted by Gasteiger charge is 2.62. The number of sulfone groups is 1. The van der Waals surface area contributed by atoms with E-state index in [1.807, 2.05) is 20.8 Å². The van der Waals surface area contributed by atoms with Gasteiger partial charge in [0, 0.05) is 32.0 Å². The van der Waals surface area contributed by atoms with Gasteiger partial charge in [0.1, 0.15) is 4.75 Å². The highest BCUT2D eigenvalue weighted by atomic mass is 32.2. The van der Waals surface area contributed by atoms with Crippen molar-refractivity contribution in [1.82, 2.24) is 4.90 Å². The van der Waals surface area contributed by atoms with E-state index in [0.717, 1.165) is 0 Å². The van der Waals surface area contributed by atoms with E-state index >= 15 is 0 Å². The van der Waals surface area contributed by atoms with E-state index in [4.69, 9.17) is 4.74 Å². The molecule has 5 nitrogen and oxygen atoms in total. The second-order valence-corrected chi connectivity index (χ2v) is 8.83. The molecule has 2 aliphatic rings. The van der Waals surface area contributed by atoms with Crippen molar-refractivity contribution in [3.05, 3.63) is 0 Å². The molecule has 6 heteroatoms. The SMILES string of the molecule is CCOCC1CCS(=O)(=O)C12CN(C(=O)CC(C)C)C2. The van der Waals surface area contributed by atoms with Crippen LogP contribution in [-0.4, -0.2) is 56.0 Å².